The van der Waals surface area contributed by atoms with Gasteiger partial charge in [-0.2, -0.15) is 0 Å². The van der Waals surface area contributed by atoms with E-state index >= 15 is 0 Å². The van der Waals surface area contributed by atoms with Crippen LogP contribution in [0.2, 0.25) is 0 Å². The Morgan fingerprint density at radius 1 is 1.53 bits per heavy atom. The summed E-state index contributed by atoms with van der Waals surface area (Å²) in [5, 5.41) is 8.79. The van der Waals surface area contributed by atoms with Crippen molar-refractivity contribution in [2.45, 2.75) is 12.8 Å². The fourth-order valence-corrected chi connectivity index (χ4v) is 2.41. The molecule has 80 valence electrons. The topological polar surface area (TPSA) is 37.3 Å². The Morgan fingerprint density at radius 3 is 2.93 bits per heavy atom. The minimum Gasteiger partial charge on any atom is -0.396 e. The molecule has 1 atom stereocenters. The first-order valence-corrected chi connectivity index (χ1v) is 5.55. The molecule has 0 amide bonds. The first-order valence-electron chi connectivity index (χ1n) is 4.76. The van der Waals surface area contributed by atoms with Crippen LogP contribution in [0, 0.1) is 11.7 Å². The van der Waals surface area contributed by atoms with E-state index in [4.69, 9.17) is 5.11 Å². The number of hydrogen-bond donors (Lipinski definition) is 1. The number of ketones is 1. The van der Waals surface area contributed by atoms with Crippen LogP contribution in [0.3, 0.4) is 0 Å². The van der Waals surface area contributed by atoms with E-state index in [1.165, 1.54) is 6.07 Å². The Labute approximate surface area is 95.2 Å². The third-order valence-corrected chi connectivity index (χ3v) is 3.18. The second kappa shape index (κ2) is 4.02. The second-order valence-electron chi connectivity index (χ2n) is 3.69. The largest absolute Gasteiger partial charge is 0.396 e. The molecule has 1 aromatic rings. The van der Waals surface area contributed by atoms with Crippen LogP contribution in [0.25, 0.3) is 0 Å². The first-order chi connectivity index (χ1) is 7.13. The predicted octanol–water partition coefficient (Wildman–Crippen LogP) is 2.33. The summed E-state index contributed by atoms with van der Waals surface area (Å²) >= 11 is 3.16. The average Bonchev–Trinajstić information content (AvgIpc) is 2.47. The number of carbonyl (C=O) groups excluding carboxylic acids is 1. The van der Waals surface area contributed by atoms with E-state index in [9.17, 15) is 9.18 Å². The van der Waals surface area contributed by atoms with Crippen molar-refractivity contribution in [3.8, 4) is 0 Å². The quantitative estimate of drug-likeness (QED) is 0.897. The number of Topliss-reactive ketones (excluding diaryl/α,β-unsaturated/α-hetero) is 1. The summed E-state index contributed by atoms with van der Waals surface area (Å²) in [6.45, 7) is -0.0345. The summed E-state index contributed by atoms with van der Waals surface area (Å²) in [7, 11) is 0. The van der Waals surface area contributed by atoms with Crippen LogP contribution in [0.5, 0.6) is 0 Å². The molecule has 0 spiro atoms. The maximum atomic E-state index is 13.5. The van der Waals surface area contributed by atoms with Crippen molar-refractivity contribution in [2.75, 3.05) is 6.61 Å². The maximum Gasteiger partial charge on any atom is 0.166 e. The van der Waals surface area contributed by atoms with Gasteiger partial charge in [0.05, 0.1) is 0 Å². The molecular formula is C11H10BrFO2. The van der Waals surface area contributed by atoms with E-state index in [1.807, 2.05) is 0 Å². The van der Waals surface area contributed by atoms with Gasteiger partial charge in [0, 0.05) is 22.6 Å². The van der Waals surface area contributed by atoms with E-state index in [0.29, 0.717) is 28.4 Å². The van der Waals surface area contributed by atoms with E-state index < -0.39 is 0 Å². The van der Waals surface area contributed by atoms with Crippen molar-refractivity contribution in [1.29, 1.82) is 0 Å². The lowest BCUT2D eigenvalue weighted by atomic mass is 10.0. The lowest BCUT2D eigenvalue weighted by molar-refractivity contribution is 0.0914. The molecule has 0 fully saturated rings. The molecule has 15 heavy (non-hydrogen) atoms. The minimum absolute atomic E-state index is 0.0345. The Kier molecular flexibility index (Phi) is 2.89. The highest BCUT2D eigenvalue weighted by Crippen LogP contribution is 2.32. The van der Waals surface area contributed by atoms with Crippen LogP contribution in [0.15, 0.2) is 16.6 Å². The number of aliphatic hydroxyl groups excluding tert-OH is 1. The molecule has 2 rings (SSSR count). The van der Waals surface area contributed by atoms with Crippen molar-refractivity contribution in [1.82, 2.24) is 0 Å². The number of halogens is 2. The van der Waals surface area contributed by atoms with Gasteiger partial charge in [0.1, 0.15) is 5.82 Å². The zero-order chi connectivity index (χ0) is 11.0. The van der Waals surface area contributed by atoms with E-state index in [-0.39, 0.29) is 24.1 Å². The molecule has 1 aromatic carbocycles. The van der Waals surface area contributed by atoms with E-state index in [0.717, 1.165) is 0 Å². The Hall–Kier alpha value is -0.740. The Bertz CT molecular complexity index is 417. The number of fused-ring (bicyclic) bond motifs is 1. The van der Waals surface area contributed by atoms with E-state index in [1.54, 1.807) is 6.07 Å². The fourth-order valence-electron chi connectivity index (χ4n) is 1.98. The molecule has 2 nitrogen and oxygen atoms in total. The molecular weight excluding hydrogens is 263 g/mol. The second-order valence-corrected chi connectivity index (χ2v) is 4.61. The molecule has 0 saturated carbocycles. The van der Waals surface area contributed by atoms with Crippen LogP contribution >= 0.6 is 15.9 Å². The van der Waals surface area contributed by atoms with Gasteiger partial charge in [-0.25, -0.2) is 4.39 Å². The molecule has 0 radical (unpaired) electrons. The number of aliphatic hydroxyl groups is 1. The van der Waals surface area contributed by atoms with E-state index in [2.05, 4.69) is 15.9 Å². The number of benzene rings is 1. The van der Waals surface area contributed by atoms with Crippen molar-refractivity contribution < 1.29 is 14.3 Å². The highest BCUT2D eigenvalue weighted by atomic mass is 79.9. The van der Waals surface area contributed by atoms with Crippen LogP contribution < -0.4 is 0 Å². The zero-order valence-electron chi connectivity index (χ0n) is 7.96. The number of carbonyl (C=O) groups is 1. The fraction of sp³-hybridized carbons (Fsp3) is 0.364. The predicted molar refractivity (Wildman–Crippen MR) is 57.3 cm³/mol. The van der Waals surface area contributed by atoms with Crippen molar-refractivity contribution >= 4 is 21.7 Å². The van der Waals surface area contributed by atoms with Crippen molar-refractivity contribution in [3.63, 3.8) is 0 Å². The Balaban J connectivity index is 2.41. The summed E-state index contributed by atoms with van der Waals surface area (Å²) in [6.07, 6.45) is 0.818. The third kappa shape index (κ3) is 1.84. The highest BCUT2D eigenvalue weighted by Gasteiger charge is 2.32. The molecule has 0 heterocycles. The van der Waals surface area contributed by atoms with Crippen LogP contribution in [0.1, 0.15) is 22.3 Å². The monoisotopic (exact) mass is 272 g/mol. The number of rotatable bonds is 2. The zero-order valence-corrected chi connectivity index (χ0v) is 9.55. The molecule has 1 unspecified atom stereocenters. The summed E-state index contributed by atoms with van der Waals surface area (Å²) < 4.78 is 14.1. The number of hydrogen-bond acceptors (Lipinski definition) is 2. The van der Waals surface area contributed by atoms with Crippen LogP contribution in [-0.4, -0.2) is 17.5 Å². The molecule has 1 aliphatic rings. The molecule has 1 aliphatic carbocycles. The van der Waals surface area contributed by atoms with Gasteiger partial charge < -0.3 is 5.11 Å². The summed E-state index contributed by atoms with van der Waals surface area (Å²) in [5.74, 6) is -0.652. The molecule has 4 heteroatoms. The Morgan fingerprint density at radius 2 is 2.27 bits per heavy atom. The van der Waals surface area contributed by atoms with Crippen LogP contribution in [0.4, 0.5) is 4.39 Å². The molecule has 0 aromatic heterocycles. The third-order valence-electron chi connectivity index (χ3n) is 2.72. The van der Waals surface area contributed by atoms with Gasteiger partial charge >= 0.3 is 0 Å². The first kappa shape index (κ1) is 10.8. The van der Waals surface area contributed by atoms with Crippen molar-refractivity contribution in [3.05, 3.63) is 33.5 Å². The van der Waals surface area contributed by atoms with Gasteiger partial charge in [-0.1, -0.05) is 15.9 Å². The molecule has 0 bridgehead atoms. The summed E-state index contributed by atoms with van der Waals surface area (Å²) in [4.78, 5) is 11.8. The summed E-state index contributed by atoms with van der Waals surface area (Å²) in [6, 6.07) is 3.02. The standard InChI is InChI=1S/C11H10BrFO2/c12-7-4-9-8(10(13)5-7)3-6(1-2-14)11(9)15/h4-6,14H,1-3H2. The van der Waals surface area contributed by atoms with Gasteiger partial charge in [-0.3, -0.25) is 4.79 Å². The van der Waals surface area contributed by atoms with Gasteiger partial charge in [0.25, 0.3) is 0 Å². The van der Waals surface area contributed by atoms with Gasteiger partial charge in [0.15, 0.2) is 5.78 Å². The molecule has 1 N–H and O–H groups in total. The van der Waals surface area contributed by atoms with Gasteiger partial charge in [-0.15, -0.1) is 0 Å². The summed E-state index contributed by atoms with van der Waals surface area (Å²) in [5.41, 5.74) is 0.946. The smallest absolute Gasteiger partial charge is 0.166 e. The SMILES string of the molecule is O=C1c2cc(Br)cc(F)c2CC1CCO. The normalized spacial score (nSPS) is 19.4. The lowest BCUT2D eigenvalue weighted by Gasteiger charge is -2.02. The van der Waals surface area contributed by atoms with Gasteiger partial charge in [0.2, 0.25) is 0 Å². The van der Waals surface area contributed by atoms with Gasteiger partial charge in [-0.05, 0) is 30.5 Å². The molecule has 0 saturated heterocycles. The minimum atomic E-state index is -0.340. The average molecular weight is 273 g/mol. The molecule has 0 aliphatic heterocycles. The van der Waals surface area contributed by atoms with Crippen molar-refractivity contribution in [2.24, 2.45) is 5.92 Å². The lowest BCUT2D eigenvalue weighted by Crippen LogP contribution is -2.10. The highest BCUT2D eigenvalue weighted by molar-refractivity contribution is 9.10. The van der Waals surface area contributed by atoms with Crippen LogP contribution in [-0.2, 0) is 6.42 Å². The maximum absolute atomic E-state index is 13.5.